The SMILES string of the molecule is CC(C(N)=S)N1CCN(c2ccn3nccc3n2)CC1. The Bertz CT molecular complexity index is 616. The second-order valence-corrected chi connectivity index (χ2v) is 5.49. The largest absolute Gasteiger partial charge is 0.392 e. The number of thiocarbonyl (C=S) groups is 1. The highest BCUT2D eigenvalue weighted by molar-refractivity contribution is 7.80. The van der Waals surface area contributed by atoms with E-state index in [2.05, 4.69) is 26.8 Å². The molecular formula is C13H18N6S. The molecule has 1 unspecified atom stereocenters. The number of aromatic nitrogens is 3. The average molecular weight is 290 g/mol. The van der Waals surface area contributed by atoms with Gasteiger partial charge in [-0.1, -0.05) is 12.2 Å². The zero-order valence-electron chi connectivity index (χ0n) is 11.4. The predicted octanol–water partition coefficient (Wildman–Crippen LogP) is 0.526. The number of nitrogens with zero attached hydrogens (tertiary/aromatic N) is 5. The van der Waals surface area contributed by atoms with E-state index < -0.39 is 0 Å². The third kappa shape index (κ3) is 2.46. The van der Waals surface area contributed by atoms with Crippen molar-refractivity contribution in [3.05, 3.63) is 24.5 Å². The van der Waals surface area contributed by atoms with Crippen LogP contribution in [0, 0.1) is 0 Å². The van der Waals surface area contributed by atoms with Crippen molar-refractivity contribution in [2.24, 2.45) is 5.73 Å². The molecule has 7 heteroatoms. The molecule has 20 heavy (non-hydrogen) atoms. The number of anilines is 1. The number of rotatable bonds is 3. The summed E-state index contributed by atoms with van der Waals surface area (Å²) in [7, 11) is 0. The molecule has 1 fully saturated rings. The smallest absolute Gasteiger partial charge is 0.157 e. The fourth-order valence-corrected chi connectivity index (χ4v) is 2.65. The van der Waals surface area contributed by atoms with Crippen LogP contribution in [-0.4, -0.2) is 56.7 Å². The number of hydrogen-bond donors (Lipinski definition) is 1. The van der Waals surface area contributed by atoms with E-state index in [0.717, 1.165) is 37.6 Å². The minimum absolute atomic E-state index is 0.164. The number of fused-ring (bicyclic) bond motifs is 1. The minimum atomic E-state index is 0.164. The van der Waals surface area contributed by atoms with Gasteiger partial charge in [0.2, 0.25) is 0 Å². The third-order valence-corrected chi connectivity index (χ3v) is 4.18. The topological polar surface area (TPSA) is 62.7 Å². The van der Waals surface area contributed by atoms with Crippen LogP contribution < -0.4 is 10.6 Å². The van der Waals surface area contributed by atoms with Gasteiger partial charge < -0.3 is 10.6 Å². The molecule has 0 spiro atoms. The molecule has 1 saturated heterocycles. The van der Waals surface area contributed by atoms with Crippen LogP contribution in [0.15, 0.2) is 24.5 Å². The highest BCUT2D eigenvalue weighted by Gasteiger charge is 2.23. The Kier molecular flexibility index (Phi) is 3.54. The lowest BCUT2D eigenvalue weighted by Gasteiger charge is -2.38. The number of piperazine rings is 1. The maximum Gasteiger partial charge on any atom is 0.157 e. The molecule has 0 aliphatic carbocycles. The van der Waals surface area contributed by atoms with Crippen molar-refractivity contribution in [1.29, 1.82) is 0 Å². The first-order valence-electron chi connectivity index (χ1n) is 6.74. The van der Waals surface area contributed by atoms with Gasteiger partial charge in [0.1, 0.15) is 5.82 Å². The summed E-state index contributed by atoms with van der Waals surface area (Å²) in [6, 6.07) is 4.08. The van der Waals surface area contributed by atoms with Crippen LogP contribution in [0.1, 0.15) is 6.92 Å². The minimum Gasteiger partial charge on any atom is -0.392 e. The van der Waals surface area contributed by atoms with Crippen LogP contribution in [0.5, 0.6) is 0 Å². The molecular weight excluding hydrogens is 272 g/mol. The van der Waals surface area contributed by atoms with Gasteiger partial charge in [-0.3, -0.25) is 4.90 Å². The molecule has 2 aromatic heterocycles. The van der Waals surface area contributed by atoms with E-state index >= 15 is 0 Å². The van der Waals surface area contributed by atoms with E-state index in [0.29, 0.717) is 4.99 Å². The van der Waals surface area contributed by atoms with Gasteiger partial charge in [0.25, 0.3) is 0 Å². The fourth-order valence-electron chi connectivity index (χ4n) is 2.50. The second kappa shape index (κ2) is 5.34. The molecule has 1 aliphatic heterocycles. The lowest BCUT2D eigenvalue weighted by atomic mass is 10.2. The molecule has 0 saturated carbocycles. The summed E-state index contributed by atoms with van der Waals surface area (Å²) in [4.78, 5) is 9.79. The third-order valence-electron chi connectivity index (χ3n) is 3.84. The molecule has 0 bridgehead atoms. The van der Waals surface area contributed by atoms with Gasteiger partial charge in [-0.25, -0.2) is 9.50 Å². The summed E-state index contributed by atoms with van der Waals surface area (Å²) in [5, 5.41) is 4.16. The van der Waals surface area contributed by atoms with Crippen molar-refractivity contribution >= 4 is 28.7 Å². The zero-order valence-corrected chi connectivity index (χ0v) is 12.3. The Labute approximate surface area is 123 Å². The summed E-state index contributed by atoms with van der Waals surface area (Å²) < 4.78 is 1.77. The van der Waals surface area contributed by atoms with Gasteiger partial charge in [0.05, 0.1) is 17.2 Å². The van der Waals surface area contributed by atoms with Gasteiger partial charge in [-0.2, -0.15) is 5.10 Å². The summed E-state index contributed by atoms with van der Waals surface area (Å²) in [6.07, 6.45) is 3.70. The normalized spacial score (nSPS) is 18.4. The Morgan fingerprint density at radius 1 is 1.30 bits per heavy atom. The van der Waals surface area contributed by atoms with E-state index in [4.69, 9.17) is 18.0 Å². The van der Waals surface area contributed by atoms with Gasteiger partial charge in [0.15, 0.2) is 5.65 Å². The first-order chi connectivity index (χ1) is 9.65. The molecule has 0 amide bonds. The molecule has 2 N–H and O–H groups in total. The second-order valence-electron chi connectivity index (χ2n) is 5.02. The van der Waals surface area contributed by atoms with Crippen LogP contribution in [0.25, 0.3) is 5.65 Å². The van der Waals surface area contributed by atoms with E-state index in [9.17, 15) is 0 Å². The summed E-state index contributed by atoms with van der Waals surface area (Å²) >= 11 is 5.07. The monoisotopic (exact) mass is 290 g/mol. The Morgan fingerprint density at radius 3 is 2.75 bits per heavy atom. The van der Waals surface area contributed by atoms with Crippen LogP contribution >= 0.6 is 12.2 Å². The number of hydrogen-bond acceptors (Lipinski definition) is 5. The van der Waals surface area contributed by atoms with Gasteiger partial charge in [-0.15, -0.1) is 0 Å². The van der Waals surface area contributed by atoms with Crippen LogP contribution in [0.3, 0.4) is 0 Å². The van der Waals surface area contributed by atoms with Crippen molar-refractivity contribution in [2.45, 2.75) is 13.0 Å². The predicted molar refractivity (Wildman–Crippen MR) is 83.0 cm³/mol. The van der Waals surface area contributed by atoms with Crippen LogP contribution in [0.4, 0.5) is 5.82 Å². The average Bonchev–Trinajstić information content (AvgIpc) is 2.94. The van der Waals surface area contributed by atoms with E-state index in [1.165, 1.54) is 0 Å². The van der Waals surface area contributed by atoms with Crippen LogP contribution in [0.2, 0.25) is 0 Å². The molecule has 3 rings (SSSR count). The zero-order chi connectivity index (χ0) is 14.1. The molecule has 1 aliphatic rings. The molecule has 3 heterocycles. The molecule has 6 nitrogen and oxygen atoms in total. The highest BCUT2D eigenvalue weighted by atomic mass is 32.1. The van der Waals surface area contributed by atoms with Crippen molar-refractivity contribution in [3.63, 3.8) is 0 Å². The Morgan fingerprint density at radius 2 is 2.05 bits per heavy atom. The fraction of sp³-hybridized carbons (Fsp3) is 0.462. The standard InChI is InChI=1S/C13H18N6S/c1-10(13(14)20)17-6-8-18(9-7-17)11-3-5-19-12(16-11)2-4-15-19/h2-5,10H,6-9H2,1H3,(H2,14,20). The molecule has 0 aromatic carbocycles. The van der Waals surface area contributed by atoms with Crippen molar-refractivity contribution in [3.8, 4) is 0 Å². The van der Waals surface area contributed by atoms with Gasteiger partial charge >= 0.3 is 0 Å². The summed E-state index contributed by atoms with van der Waals surface area (Å²) in [5.41, 5.74) is 6.59. The first-order valence-corrected chi connectivity index (χ1v) is 7.15. The van der Waals surface area contributed by atoms with E-state index in [1.807, 2.05) is 18.3 Å². The van der Waals surface area contributed by atoms with Crippen molar-refractivity contribution in [1.82, 2.24) is 19.5 Å². The highest BCUT2D eigenvalue weighted by Crippen LogP contribution is 2.15. The maximum absolute atomic E-state index is 5.72. The molecule has 1 atom stereocenters. The van der Waals surface area contributed by atoms with Gasteiger partial charge in [-0.05, 0) is 13.0 Å². The van der Waals surface area contributed by atoms with E-state index in [-0.39, 0.29) is 6.04 Å². The summed E-state index contributed by atoms with van der Waals surface area (Å²) in [5.74, 6) is 1.00. The lowest BCUT2D eigenvalue weighted by molar-refractivity contribution is 0.239. The lowest BCUT2D eigenvalue weighted by Crippen LogP contribution is -2.52. The number of nitrogens with two attached hydrogens (primary N) is 1. The quantitative estimate of drug-likeness (QED) is 0.832. The molecule has 0 radical (unpaired) electrons. The molecule has 106 valence electrons. The first kappa shape index (κ1) is 13.3. The molecule has 2 aromatic rings. The summed E-state index contributed by atoms with van der Waals surface area (Å²) in [6.45, 7) is 5.83. The van der Waals surface area contributed by atoms with Gasteiger partial charge in [0, 0.05) is 38.4 Å². The maximum atomic E-state index is 5.72. The van der Waals surface area contributed by atoms with Crippen LogP contribution in [-0.2, 0) is 0 Å². The Hall–Kier alpha value is -1.73. The van der Waals surface area contributed by atoms with E-state index in [1.54, 1.807) is 10.7 Å². The van der Waals surface area contributed by atoms with Crippen molar-refractivity contribution < 1.29 is 0 Å². The van der Waals surface area contributed by atoms with Crippen molar-refractivity contribution in [2.75, 3.05) is 31.1 Å². The Balaban J connectivity index is 1.69.